The largest absolute Gasteiger partial charge is 0.478 e. The van der Waals surface area contributed by atoms with Crippen molar-refractivity contribution in [3.63, 3.8) is 0 Å². The van der Waals surface area contributed by atoms with Gasteiger partial charge in [-0.05, 0) is 19.1 Å². The van der Waals surface area contributed by atoms with Crippen LogP contribution in [0.4, 0.5) is 0 Å². The van der Waals surface area contributed by atoms with Crippen LogP contribution in [0.2, 0.25) is 0 Å². The summed E-state index contributed by atoms with van der Waals surface area (Å²) in [6.07, 6.45) is 1.10. The lowest BCUT2D eigenvalue weighted by atomic mass is 10.1. The van der Waals surface area contributed by atoms with Gasteiger partial charge in [0, 0.05) is 25.1 Å². The Kier molecular flexibility index (Phi) is 5.14. The molecule has 0 unspecified atom stereocenters. The summed E-state index contributed by atoms with van der Waals surface area (Å²) in [5.41, 5.74) is 2.97. The highest BCUT2D eigenvalue weighted by molar-refractivity contribution is 5.88. The summed E-state index contributed by atoms with van der Waals surface area (Å²) in [7, 11) is 0. The molecule has 2 heterocycles. The fraction of sp³-hybridized carbons (Fsp3) is 0.389. The first-order valence-electron chi connectivity index (χ1n) is 8.35. The van der Waals surface area contributed by atoms with E-state index in [9.17, 15) is 9.59 Å². The van der Waals surface area contributed by atoms with E-state index >= 15 is 0 Å². The molecule has 2 N–H and O–H groups in total. The van der Waals surface area contributed by atoms with Crippen LogP contribution in [-0.2, 0) is 22.5 Å². The number of aromatic carboxylic acids is 1. The number of carboxylic acid groups (broad SMARTS) is 1. The normalized spacial score (nSPS) is 13.6. The molecule has 3 rings (SSSR count). The molecule has 1 aliphatic heterocycles. The first kappa shape index (κ1) is 17.2. The quantitative estimate of drug-likeness (QED) is 0.783. The molecule has 1 aliphatic rings. The summed E-state index contributed by atoms with van der Waals surface area (Å²) in [5, 5.41) is 8.97. The lowest BCUT2D eigenvalue weighted by Gasteiger charge is -2.26. The standard InChI is InChI=1S/C18H21N3O4/c1-2-25-10-8-16(22)21-9-7-14-15(11-21)20-17(19-14)12-3-5-13(6-4-12)18(23)24/h3-6H,2,7-11H2,1H3,(H,19,20)(H,23,24). The van der Waals surface area contributed by atoms with E-state index in [1.807, 2.05) is 11.8 Å². The molecule has 2 aromatic rings. The predicted octanol–water partition coefficient (Wildman–Crippen LogP) is 2.09. The summed E-state index contributed by atoms with van der Waals surface area (Å²) in [5.74, 6) is -0.168. The van der Waals surface area contributed by atoms with Crippen molar-refractivity contribution in [3.05, 3.63) is 41.2 Å². The lowest BCUT2D eigenvalue weighted by Crippen LogP contribution is -2.36. The zero-order chi connectivity index (χ0) is 17.8. The summed E-state index contributed by atoms with van der Waals surface area (Å²) in [6.45, 7) is 4.14. The number of nitrogens with one attached hydrogen (secondary N) is 1. The number of hydrogen-bond donors (Lipinski definition) is 2. The second-order valence-corrected chi connectivity index (χ2v) is 5.91. The van der Waals surface area contributed by atoms with Gasteiger partial charge in [-0.1, -0.05) is 12.1 Å². The fourth-order valence-corrected chi connectivity index (χ4v) is 2.88. The molecule has 1 aromatic carbocycles. The summed E-state index contributed by atoms with van der Waals surface area (Å²) >= 11 is 0. The Morgan fingerprint density at radius 3 is 2.76 bits per heavy atom. The number of rotatable bonds is 6. The molecule has 25 heavy (non-hydrogen) atoms. The van der Waals surface area contributed by atoms with Crippen LogP contribution in [-0.4, -0.2) is 51.6 Å². The van der Waals surface area contributed by atoms with Crippen LogP contribution < -0.4 is 0 Å². The second-order valence-electron chi connectivity index (χ2n) is 5.91. The summed E-state index contributed by atoms with van der Waals surface area (Å²) in [6, 6.07) is 6.59. The van der Waals surface area contributed by atoms with Crippen molar-refractivity contribution in [2.75, 3.05) is 19.8 Å². The van der Waals surface area contributed by atoms with E-state index < -0.39 is 5.97 Å². The molecular formula is C18H21N3O4. The molecular weight excluding hydrogens is 322 g/mol. The van der Waals surface area contributed by atoms with Crippen molar-refractivity contribution < 1.29 is 19.4 Å². The maximum atomic E-state index is 12.2. The predicted molar refractivity (Wildman–Crippen MR) is 91.2 cm³/mol. The minimum Gasteiger partial charge on any atom is -0.478 e. The molecule has 7 nitrogen and oxygen atoms in total. The number of carboxylic acids is 1. The van der Waals surface area contributed by atoms with Gasteiger partial charge in [-0.2, -0.15) is 0 Å². The van der Waals surface area contributed by atoms with Crippen LogP contribution >= 0.6 is 0 Å². The fourth-order valence-electron chi connectivity index (χ4n) is 2.88. The van der Waals surface area contributed by atoms with Gasteiger partial charge in [0.1, 0.15) is 5.82 Å². The number of benzene rings is 1. The monoisotopic (exact) mass is 343 g/mol. The van der Waals surface area contributed by atoms with Gasteiger partial charge < -0.3 is 19.7 Å². The molecule has 0 radical (unpaired) electrons. The van der Waals surface area contributed by atoms with Gasteiger partial charge in [0.15, 0.2) is 0 Å². The minimum atomic E-state index is -0.952. The Balaban J connectivity index is 1.70. The highest BCUT2D eigenvalue weighted by Crippen LogP contribution is 2.23. The third kappa shape index (κ3) is 3.88. The average Bonchev–Trinajstić information content (AvgIpc) is 3.05. The molecule has 1 amide bonds. The maximum absolute atomic E-state index is 12.2. The van der Waals surface area contributed by atoms with Gasteiger partial charge in [0.05, 0.1) is 36.5 Å². The van der Waals surface area contributed by atoms with E-state index in [-0.39, 0.29) is 11.5 Å². The second kappa shape index (κ2) is 7.48. The van der Waals surface area contributed by atoms with E-state index in [0.717, 1.165) is 17.0 Å². The molecule has 0 saturated heterocycles. The number of H-pyrrole nitrogens is 1. The van der Waals surface area contributed by atoms with Gasteiger partial charge in [0.2, 0.25) is 5.91 Å². The van der Waals surface area contributed by atoms with E-state index in [4.69, 9.17) is 9.84 Å². The first-order chi connectivity index (χ1) is 12.1. The number of carbonyl (C=O) groups is 2. The number of fused-ring (bicyclic) bond motifs is 1. The van der Waals surface area contributed by atoms with Crippen molar-refractivity contribution in [2.45, 2.75) is 26.3 Å². The number of aromatic nitrogens is 2. The van der Waals surface area contributed by atoms with Crippen LogP contribution in [0.25, 0.3) is 11.4 Å². The number of aromatic amines is 1. The Labute approximate surface area is 145 Å². The number of imidazole rings is 1. The topological polar surface area (TPSA) is 95.5 Å². The summed E-state index contributed by atoms with van der Waals surface area (Å²) in [4.78, 5) is 32.8. The highest BCUT2D eigenvalue weighted by Gasteiger charge is 2.23. The van der Waals surface area contributed by atoms with Crippen LogP contribution in [0, 0.1) is 0 Å². The van der Waals surface area contributed by atoms with Crippen molar-refractivity contribution >= 4 is 11.9 Å². The molecule has 0 aliphatic carbocycles. The first-order valence-corrected chi connectivity index (χ1v) is 8.35. The van der Waals surface area contributed by atoms with Gasteiger partial charge in [-0.15, -0.1) is 0 Å². The van der Waals surface area contributed by atoms with Crippen molar-refractivity contribution in [1.29, 1.82) is 0 Å². The number of carbonyl (C=O) groups excluding carboxylic acids is 1. The number of ether oxygens (including phenoxy) is 1. The molecule has 0 fully saturated rings. The van der Waals surface area contributed by atoms with E-state index in [1.54, 1.807) is 24.3 Å². The van der Waals surface area contributed by atoms with Gasteiger partial charge in [-0.25, -0.2) is 9.78 Å². The summed E-state index contributed by atoms with van der Waals surface area (Å²) < 4.78 is 5.24. The SMILES string of the molecule is CCOCCC(=O)N1CCc2nc(-c3ccc(C(=O)O)cc3)[nH]c2C1. The highest BCUT2D eigenvalue weighted by atomic mass is 16.5. The Morgan fingerprint density at radius 1 is 1.32 bits per heavy atom. The molecule has 0 bridgehead atoms. The van der Waals surface area contributed by atoms with E-state index in [2.05, 4.69) is 9.97 Å². The molecule has 0 spiro atoms. The third-order valence-electron chi connectivity index (χ3n) is 4.25. The van der Waals surface area contributed by atoms with Crippen LogP contribution in [0.1, 0.15) is 35.1 Å². The van der Waals surface area contributed by atoms with Crippen LogP contribution in [0.15, 0.2) is 24.3 Å². The maximum Gasteiger partial charge on any atom is 0.335 e. The Morgan fingerprint density at radius 2 is 2.08 bits per heavy atom. The van der Waals surface area contributed by atoms with Crippen LogP contribution in [0.5, 0.6) is 0 Å². The zero-order valence-electron chi connectivity index (χ0n) is 14.1. The lowest BCUT2D eigenvalue weighted by molar-refractivity contribution is -0.133. The van der Waals surface area contributed by atoms with Gasteiger partial charge in [-0.3, -0.25) is 4.79 Å². The molecule has 132 valence electrons. The van der Waals surface area contributed by atoms with Crippen molar-refractivity contribution in [3.8, 4) is 11.4 Å². The van der Waals surface area contributed by atoms with Crippen molar-refractivity contribution in [1.82, 2.24) is 14.9 Å². The third-order valence-corrected chi connectivity index (χ3v) is 4.25. The van der Waals surface area contributed by atoms with Crippen LogP contribution in [0.3, 0.4) is 0 Å². The Hall–Kier alpha value is -2.67. The van der Waals surface area contributed by atoms with Gasteiger partial charge in [0.25, 0.3) is 0 Å². The Bertz CT molecular complexity index is 767. The molecule has 7 heteroatoms. The number of nitrogens with zero attached hydrogens (tertiary/aromatic N) is 2. The number of amides is 1. The zero-order valence-corrected chi connectivity index (χ0v) is 14.1. The van der Waals surface area contributed by atoms with E-state index in [1.165, 1.54) is 0 Å². The molecule has 0 saturated carbocycles. The van der Waals surface area contributed by atoms with Crippen molar-refractivity contribution in [2.24, 2.45) is 0 Å². The number of hydrogen-bond acceptors (Lipinski definition) is 4. The molecule has 0 atom stereocenters. The van der Waals surface area contributed by atoms with Gasteiger partial charge >= 0.3 is 5.97 Å². The average molecular weight is 343 g/mol. The van der Waals surface area contributed by atoms with E-state index in [0.29, 0.717) is 45.0 Å². The minimum absolute atomic E-state index is 0.0843. The molecule has 1 aromatic heterocycles. The smallest absolute Gasteiger partial charge is 0.335 e.